The molecule has 1 unspecified atom stereocenters. The molecule has 1 aromatic rings. The zero-order valence-electron chi connectivity index (χ0n) is 8.62. The molecule has 0 aliphatic rings. The van der Waals surface area contributed by atoms with Crippen molar-refractivity contribution in [3.63, 3.8) is 0 Å². The van der Waals surface area contributed by atoms with Crippen molar-refractivity contribution >= 4 is 6.08 Å². The highest BCUT2D eigenvalue weighted by atomic mass is 15.1. The van der Waals surface area contributed by atoms with Gasteiger partial charge in [-0.3, -0.25) is 0 Å². The largest absolute Gasteiger partial charge is 0.303 e. The van der Waals surface area contributed by atoms with Crippen molar-refractivity contribution in [1.29, 1.82) is 0 Å². The van der Waals surface area contributed by atoms with Crippen LogP contribution in [-0.4, -0.2) is 19.0 Å². The quantitative estimate of drug-likeness (QED) is 0.682. The van der Waals surface area contributed by atoms with Gasteiger partial charge in [0.1, 0.15) is 0 Å². The van der Waals surface area contributed by atoms with Gasteiger partial charge in [-0.25, -0.2) is 0 Å². The Hall–Kier alpha value is -1.08. The molecule has 0 bridgehead atoms. The molecule has 13 heavy (non-hydrogen) atoms. The number of hydrogen-bond acceptors (Lipinski definition) is 1. The fraction of sp³-hybridized carbons (Fsp3) is 0.333. The third-order valence-electron chi connectivity index (χ3n) is 2.43. The first-order chi connectivity index (χ1) is 6.15. The highest BCUT2D eigenvalue weighted by Gasteiger charge is 2.05. The maximum atomic E-state index is 3.73. The summed E-state index contributed by atoms with van der Waals surface area (Å²) in [5, 5.41) is 0. The van der Waals surface area contributed by atoms with Gasteiger partial charge in [-0.05, 0) is 32.1 Å². The lowest BCUT2D eigenvalue weighted by Gasteiger charge is -2.20. The van der Waals surface area contributed by atoms with Crippen LogP contribution in [-0.2, 0) is 0 Å². The van der Waals surface area contributed by atoms with Crippen molar-refractivity contribution in [2.24, 2.45) is 0 Å². The Labute approximate surface area is 80.7 Å². The molecule has 1 rings (SSSR count). The summed E-state index contributed by atoms with van der Waals surface area (Å²) in [6.07, 6.45) is 1.87. The first-order valence-electron chi connectivity index (χ1n) is 4.54. The van der Waals surface area contributed by atoms with E-state index in [0.29, 0.717) is 6.04 Å². The third kappa shape index (κ3) is 2.43. The molecule has 0 N–H and O–H groups in total. The normalized spacial score (nSPS) is 12.9. The number of hydrogen-bond donors (Lipinski definition) is 0. The molecule has 0 aliphatic carbocycles. The Bertz CT molecular complexity index is 272. The molecule has 70 valence electrons. The van der Waals surface area contributed by atoms with Gasteiger partial charge in [-0.1, -0.05) is 36.9 Å². The van der Waals surface area contributed by atoms with E-state index < -0.39 is 0 Å². The van der Waals surface area contributed by atoms with Crippen molar-refractivity contribution in [3.05, 3.63) is 42.0 Å². The van der Waals surface area contributed by atoms with Crippen LogP contribution in [0.5, 0.6) is 0 Å². The van der Waals surface area contributed by atoms with Crippen LogP contribution in [0.4, 0.5) is 0 Å². The summed E-state index contributed by atoms with van der Waals surface area (Å²) in [5.74, 6) is 0. The second kappa shape index (κ2) is 4.24. The molecule has 0 spiro atoms. The van der Waals surface area contributed by atoms with Crippen LogP contribution in [0.1, 0.15) is 24.1 Å². The first kappa shape index (κ1) is 10.0. The zero-order chi connectivity index (χ0) is 9.84. The van der Waals surface area contributed by atoms with Gasteiger partial charge >= 0.3 is 0 Å². The Kier molecular flexibility index (Phi) is 3.26. The molecule has 0 aliphatic heterocycles. The molecule has 1 nitrogen and oxygen atoms in total. The zero-order valence-corrected chi connectivity index (χ0v) is 8.62. The van der Waals surface area contributed by atoms with Crippen molar-refractivity contribution < 1.29 is 0 Å². The van der Waals surface area contributed by atoms with Gasteiger partial charge in [0.15, 0.2) is 0 Å². The maximum Gasteiger partial charge on any atom is 0.0313 e. The molecule has 1 atom stereocenters. The molecule has 0 heterocycles. The molecular weight excluding hydrogens is 158 g/mol. The molecule has 0 amide bonds. The van der Waals surface area contributed by atoms with Crippen LogP contribution in [0.2, 0.25) is 0 Å². The minimum absolute atomic E-state index is 0.471. The Morgan fingerprint density at radius 2 is 1.77 bits per heavy atom. The van der Waals surface area contributed by atoms with E-state index in [1.54, 1.807) is 0 Å². The summed E-state index contributed by atoms with van der Waals surface area (Å²) in [7, 11) is 4.18. The highest BCUT2D eigenvalue weighted by molar-refractivity contribution is 5.47. The fourth-order valence-electron chi connectivity index (χ4n) is 1.21. The molecular formula is C12H17N. The smallest absolute Gasteiger partial charge is 0.0313 e. The second-order valence-electron chi connectivity index (χ2n) is 3.51. The summed E-state index contributed by atoms with van der Waals surface area (Å²) in [6.45, 7) is 5.93. The molecule has 1 heteroatoms. The maximum absolute atomic E-state index is 3.73. The van der Waals surface area contributed by atoms with Gasteiger partial charge in [-0.15, -0.1) is 0 Å². The average molecular weight is 175 g/mol. The average Bonchev–Trinajstić information content (AvgIpc) is 2.17. The van der Waals surface area contributed by atoms with Gasteiger partial charge in [0.05, 0.1) is 0 Å². The summed E-state index contributed by atoms with van der Waals surface area (Å²) in [6, 6.07) is 8.98. The number of benzene rings is 1. The molecule has 0 aromatic heterocycles. The van der Waals surface area contributed by atoms with Crippen molar-refractivity contribution in [1.82, 2.24) is 4.90 Å². The van der Waals surface area contributed by atoms with E-state index in [9.17, 15) is 0 Å². The standard InChI is InChI=1S/C12H17N/c1-5-11-6-8-12(9-7-11)10(2)13(3)4/h5-10H,1H2,2-4H3. The van der Waals surface area contributed by atoms with E-state index in [0.717, 1.165) is 0 Å². The van der Waals surface area contributed by atoms with Gasteiger partial charge in [0, 0.05) is 6.04 Å². The lowest BCUT2D eigenvalue weighted by molar-refractivity contribution is 0.321. The van der Waals surface area contributed by atoms with E-state index >= 15 is 0 Å². The molecule has 0 fully saturated rings. The van der Waals surface area contributed by atoms with Gasteiger partial charge in [0.25, 0.3) is 0 Å². The van der Waals surface area contributed by atoms with Crippen molar-refractivity contribution in [2.75, 3.05) is 14.1 Å². The van der Waals surface area contributed by atoms with Crippen LogP contribution < -0.4 is 0 Å². The first-order valence-corrected chi connectivity index (χ1v) is 4.54. The SMILES string of the molecule is C=Cc1ccc(C(C)N(C)C)cc1. The topological polar surface area (TPSA) is 3.24 Å². The highest BCUT2D eigenvalue weighted by Crippen LogP contribution is 2.17. The van der Waals surface area contributed by atoms with E-state index in [4.69, 9.17) is 0 Å². The van der Waals surface area contributed by atoms with Gasteiger partial charge in [-0.2, -0.15) is 0 Å². The number of nitrogens with zero attached hydrogens (tertiary/aromatic N) is 1. The van der Waals surface area contributed by atoms with Crippen LogP contribution in [0.3, 0.4) is 0 Å². The summed E-state index contributed by atoms with van der Waals surface area (Å²) in [4.78, 5) is 2.20. The lowest BCUT2D eigenvalue weighted by atomic mass is 10.1. The van der Waals surface area contributed by atoms with Crippen molar-refractivity contribution in [2.45, 2.75) is 13.0 Å². The Balaban J connectivity index is 2.85. The molecule has 0 saturated carbocycles. The third-order valence-corrected chi connectivity index (χ3v) is 2.43. The Morgan fingerprint density at radius 3 is 2.15 bits per heavy atom. The minimum Gasteiger partial charge on any atom is -0.303 e. The molecule has 0 radical (unpaired) electrons. The van der Waals surface area contributed by atoms with Gasteiger partial charge < -0.3 is 4.90 Å². The molecule has 0 saturated heterocycles. The monoisotopic (exact) mass is 175 g/mol. The van der Waals surface area contributed by atoms with E-state index in [2.05, 4.69) is 56.8 Å². The van der Waals surface area contributed by atoms with Crippen LogP contribution in [0.25, 0.3) is 6.08 Å². The summed E-state index contributed by atoms with van der Waals surface area (Å²) in [5.41, 5.74) is 2.52. The second-order valence-corrected chi connectivity index (χ2v) is 3.51. The van der Waals surface area contributed by atoms with Gasteiger partial charge in [0.2, 0.25) is 0 Å². The predicted molar refractivity (Wildman–Crippen MR) is 58.6 cm³/mol. The predicted octanol–water partition coefficient (Wildman–Crippen LogP) is 2.95. The van der Waals surface area contributed by atoms with E-state index in [1.807, 2.05) is 6.08 Å². The van der Waals surface area contributed by atoms with Crippen LogP contribution in [0.15, 0.2) is 30.8 Å². The number of rotatable bonds is 3. The fourth-order valence-corrected chi connectivity index (χ4v) is 1.21. The van der Waals surface area contributed by atoms with Crippen molar-refractivity contribution in [3.8, 4) is 0 Å². The molecule has 1 aromatic carbocycles. The summed E-state index contributed by atoms with van der Waals surface area (Å²) < 4.78 is 0. The summed E-state index contributed by atoms with van der Waals surface area (Å²) >= 11 is 0. The Morgan fingerprint density at radius 1 is 1.23 bits per heavy atom. The van der Waals surface area contributed by atoms with Crippen LogP contribution in [0, 0.1) is 0 Å². The lowest BCUT2D eigenvalue weighted by Crippen LogP contribution is -2.16. The minimum atomic E-state index is 0.471. The van der Waals surface area contributed by atoms with Crippen LogP contribution >= 0.6 is 0 Å². The van der Waals surface area contributed by atoms with E-state index in [1.165, 1.54) is 11.1 Å². The van der Waals surface area contributed by atoms with E-state index in [-0.39, 0.29) is 0 Å².